The number of methoxy groups -OCH3 is 1. The predicted molar refractivity (Wildman–Crippen MR) is 64.5 cm³/mol. The molecule has 90 valence electrons. The van der Waals surface area contributed by atoms with E-state index in [1.807, 2.05) is 0 Å². The fourth-order valence-corrected chi connectivity index (χ4v) is 1.28. The van der Waals surface area contributed by atoms with Crippen molar-refractivity contribution in [1.29, 1.82) is 0 Å². The molecule has 0 bridgehead atoms. The highest BCUT2D eigenvalue weighted by Gasteiger charge is 2.16. The van der Waals surface area contributed by atoms with Gasteiger partial charge < -0.3 is 10.1 Å². The van der Waals surface area contributed by atoms with Gasteiger partial charge in [0.1, 0.15) is 5.70 Å². The Labute approximate surface area is 104 Å². The fourth-order valence-electron chi connectivity index (χ4n) is 1.16. The van der Waals surface area contributed by atoms with E-state index in [0.717, 1.165) is 0 Å². The molecule has 1 amide bonds. The number of nitrogens with one attached hydrogen (secondary N) is 1. The second kappa shape index (κ2) is 6.06. The van der Waals surface area contributed by atoms with Crippen LogP contribution in [0, 0.1) is 0 Å². The summed E-state index contributed by atoms with van der Waals surface area (Å²) >= 11 is 5.71. The predicted octanol–water partition coefficient (Wildman–Crippen LogP) is 2.06. The Morgan fingerprint density at radius 2 is 1.82 bits per heavy atom. The largest absolute Gasteiger partial charge is 0.464 e. The van der Waals surface area contributed by atoms with E-state index in [9.17, 15) is 9.59 Å². The number of allylic oxidation sites excluding steroid dienone is 1. The minimum atomic E-state index is -0.679. The molecule has 0 spiro atoms. The molecule has 0 fully saturated rings. The van der Waals surface area contributed by atoms with Crippen molar-refractivity contribution in [3.05, 3.63) is 46.6 Å². The summed E-state index contributed by atoms with van der Waals surface area (Å²) in [6.45, 7) is 1.50. The van der Waals surface area contributed by atoms with Gasteiger partial charge in [0.05, 0.1) is 7.11 Å². The lowest BCUT2D eigenvalue weighted by Crippen LogP contribution is -2.28. The van der Waals surface area contributed by atoms with Gasteiger partial charge in [-0.1, -0.05) is 29.8 Å². The van der Waals surface area contributed by atoms with E-state index >= 15 is 0 Å². The van der Waals surface area contributed by atoms with Crippen molar-refractivity contribution in [2.45, 2.75) is 6.92 Å². The molecule has 17 heavy (non-hydrogen) atoms. The van der Waals surface area contributed by atoms with Crippen LogP contribution in [0.2, 0.25) is 0 Å². The van der Waals surface area contributed by atoms with Gasteiger partial charge in [-0.2, -0.15) is 0 Å². The standard InChI is InChI=1S/C12H12ClNO3/c1-8(13)10(12(16)17-2)14-11(15)9-6-4-3-5-7-9/h3-7H,1-2H3,(H,14,15)/b10-8+. The number of ether oxygens (including phenoxy) is 1. The maximum atomic E-state index is 11.8. The molecule has 0 aliphatic rings. The van der Waals surface area contributed by atoms with Crippen LogP contribution >= 0.6 is 11.6 Å². The lowest BCUT2D eigenvalue weighted by molar-refractivity contribution is -0.136. The summed E-state index contributed by atoms with van der Waals surface area (Å²) in [7, 11) is 1.22. The van der Waals surface area contributed by atoms with E-state index in [4.69, 9.17) is 11.6 Å². The first-order chi connectivity index (χ1) is 8.06. The summed E-state index contributed by atoms with van der Waals surface area (Å²) in [5, 5.41) is 2.59. The first-order valence-corrected chi connectivity index (χ1v) is 5.25. The zero-order valence-electron chi connectivity index (χ0n) is 9.49. The molecular formula is C12H12ClNO3. The average Bonchev–Trinajstić information content (AvgIpc) is 2.35. The summed E-state index contributed by atoms with van der Waals surface area (Å²) in [6, 6.07) is 8.51. The fraction of sp³-hybridized carbons (Fsp3) is 0.167. The minimum Gasteiger partial charge on any atom is -0.464 e. The van der Waals surface area contributed by atoms with Gasteiger partial charge in [0.15, 0.2) is 0 Å². The maximum Gasteiger partial charge on any atom is 0.355 e. The second-order valence-electron chi connectivity index (χ2n) is 3.22. The maximum absolute atomic E-state index is 11.8. The Bertz CT molecular complexity index is 450. The number of hydrogen-bond donors (Lipinski definition) is 1. The molecule has 0 radical (unpaired) electrons. The van der Waals surface area contributed by atoms with Crippen LogP contribution in [-0.4, -0.2) is 19.0 Å². The van der Waals surface area contributed by atoms with Crippen molar-refractivity contribution in [1.82, 2.24) is 5.32 Å². The van der Waals surface area contributed by atoms with E-state index in [1.54, 1.807) is 30.3 Å². The summed E-state index contributed by atoms with van der Waals surface area (Å²) in [5.41, 5.74) is 0.384. The second-order valence-corrected chi connectivity index (χ2v) is 3.79. The number of carbonyl (C=O) groups is 2. The van der Waals surface area contributed by atoms with Crippen LogP contribution in [0.25, 0.3) is 0 Å². The van der Waals surface area contributed by atoms with Gasteiger partial charge in [0, 0.05) is 10.6 Å². The summed E-state index contributed by atoms with van der Waals surface area (Å²) in [6.07, 6.45) is 0. The third-order valence-electron chi connectivity index (χ3n) is 2.01. The van der Waals surface area contributed by atoms with Crippen LogP contribution < -0.4 is 5.32 Å². The van der Waals surface area contributed by atoms with Crippen LogP contribution in [0.1, 0.15) is 17.3 Å². The first-order valence-electron chi connectivity index (χ1n) is 4.87. The van der Waals surface area contributed by atoms with Crippen LogP contribution in [0.5, 0.6) is 0 Å². The van der Waals surface area contributed by atoms with Gasteiger partial charge >= 0.3 is 5.97 Å². The van der Waals surface area contributed by atoms with Gasteiger partial charge in [-0.15, -0.1) is 0 Å². The minimum absolute atomic E-state index is 0.0528. The van der Waals surface area contributed by atoms with Gasteiger partial charge in [-0.05, 0) is 19.1 Å². The van der Waals surface area contributed by atoms with Gasteiger partial charge in [-0.25, -0.2) is 4.79 Å². The van der Waals surface area contributed by atoms with Crippen molar-refractivity contribution < 1.29 is 14.3 Å². The average molecular weight is 254 g/mol. The highest BCUT2D eigenvalue weighted by atomic mass is 35.5. The molecular weight excluding hydrogens is 242 g/mol. The van der Waals surface area contributed by atoms with E-state index in [0.29, 0.717) is 5.56 Å². The molecule has 0 saturated carbocycles. The van der Waals surface area contributed by atoms with Crippen LogP contribution in [0.4, 0.5) is 0 Å². The molecule has 4 nitrogen and oxygen atoms in total. The van der Waals surface area contributed by atoms with E-state index in [1.165, 1.54) is 14.0 Å². The van der Waals surface area contributed by atoms with Crippen molar-refractivity contribution in [3.8, 4) is 0 Å². The zero-order chi connectivity index (χ0) is 12.8. The van der Waals surface area contributed by atoms with Crippen LogP contribution in [0.3, 0.4) is 0 Å². The SMILES string of the molecule is COC(=O)/C(NC(=O)c1ccccc1)=C(/C)Cl. The highest BCUT2D eigenvalue weighted by molar-refractivity contribution is 6.31. The van der Waals surface area contributed by atoms with Gasteiger partial charge in [0.25, 0.3) is 5.91 Å². The normalized spacial score (nSPS) is 11.5. The topological polar surface area (TPSA) is 55.4 Å². The summed E-state index contributed by atoms with van der Waals surface area (Å²) in [5.74, 6) is -1.09. The molecule has 0 aromatic heterocycles. The van der Waals surface area contributed by atoms with E-state index < -0.39 is 11.9 Å². The third kappa shape index (κ3) is 3.60. The van der Waals surface area contributed by atoms with Gasteiger partial charge in [-0.3, -0.25) is 4.79 Å². The van der Waals surface area contributed by atoms with Crippen molar-refractivity contribution in [2.75, 3.05) is 7.11 Å². The Hall–Kier alpha value is -1.81. The Kier molecular flexibility index (Phi) is 4.72. The molecule has 0 unspecified atom stereocenters. The third-order valence-corrected chi connectivity index (χ3v) is 2.20. The number of carbonyl (C=O) groups excluding carboxylic acids is 2. The quantitative estimate of drug-likeness (QED) is 0.663. The van der Waals surface area contributed by atoms with Gasteiger partial charge in [0.2, 0.25) is 0 Å². The monoisotopic (exact) mass is 253 g/mol. The molecule has 1 rings (SSSR count). The molecule has 1 aromatic carbocycles. The molecule has 0 saturated heterocycles. The number of rotatable bonds is 3. The first kappa shape index (κ1) is 13.3. The molecule has 0 atom stereocenters. The Morgan fingerprint density at radius 1 is 1.24 bits per heavy atom. The molecule has 0 aliphatic carbocycles. The van der Waals surface area contributed by atoms with Crippen molar-refractivity contribution in [3.63, 3.8) is 0 Å². The summed E-state index contributed by atoms with van der Waals surface area (Å²) < 4.78 is 4.51. The van der Waals surface area contributed by atoms with Crippen molar-refractivity contribution >= 4 is 23.5 Å². The van der Waals surface area contributed by atoms with E-state index in [2.05, 4.69) is 10.1 Å². The molecule has 5 heteroatoms. The summed E-state index contributed by atoms with van der Waals surface area (Å²) in [4.78, 5) is 23.1. The molecule has 1 aromatic rings. The lowest BCUT2D eigenvalue weighted by Gasteiger charge is -2.08. The smallest absolute Gasteiger partial charge is 0.355 e. The lowest BCUT2D eigenvalue weighted by atomic mass is 10.2. The van der Waals surface area contributed by atoms with E-state index in [-0.39, 0.29) is 10.7 Å². The van der Waals surface area contributed by atoms with Crippen LogP contribution in [0.15, 0.2) is 41.1 Å². The molecule has 1 N–H and O–H groups in total. The number of halogens is 1. The number of benzene rings is 1. The highest BCUT2D eigenvalue weighted by Crippen LogP contribution is 2.09. The zero-order valence-corrected chi connectivity index (χ0v) is 10.2. The van der Waals surface area contributed by atoms with Crippen molar-refractivity contribution in [2.24, 2.45) is 0 Å². The number of esters is 1. The molecule has 0 heterocycles. The van der Waals surface area contributed by atoms with Crippen LogP contribution in [-0.2, 0) is 9.53 Å². The number of amides is 1. The number of hydrogen-bond acceptors (Lipinski definition) is 3. The Morgan fingerprint density at radius 3 is 2.29 bits per heavy atom. The Balaban J connectivity index is 2.87. The molecule has 0 aliphatic heterocycles.